The van der Waals surface area contributed by atoms with Crippen LogP contribution in [-0.2, 0) is 11.3 Å². The van der Waals surface area contributed by atoms with Gasteiger partial charge < -0.3 is 14.5 Å². The predicted octanol–water partition coefficient (Wildman–Crippen LogP) is 1.46. The van der Waals surface area contributed by atoms with Crippen molar-refractivity contribution in [2.75, 3.05) is 39.4 Å². The van der Waals surface area contributed by atoms with Gasteiger partial charge in [-0.05, 0) is 28.1 Å². The van der Waals surface area contributed by atoms with Gasteiger partial charge >= 0.3 is 0 Å². The van der Waals surface area contributed by atoms with E-state index >= 15 is 0 Å². The summed E-state index contributed by atoms with van der Waals surface area (Å²) in [4.78, 5) is 2.41. The molecule has 0 aliphatic carbocycles. The van der Waals surface area contributed by atoms with Crippen LogP contribution in [0.3, 0.4) is 0 Å². The maximum atomic E-state index is 5.40. The molecule has 1 aliphatic heterocycles. The van der Waals surface area contributed by atoms with Gasteiger partial charge in [-0.25, -0.2) is 0 Å². The molecular weight excluding hydrogens is 272 g/mol. The summed E-state index contributed by atoms with van der Waals surface area (Å²) in [6.45, 7) is 6.68. The molecule has 1 aromatic rings. The van der Waals surface area contributed by atoms with Crippen LogP contribution in [0.15, 0.2) is 21.2 Å². The van der Waals surface area contributed by atoms with Gasteiger partial charge in [0.2, 0.25) is 0 Å². The van der Waals surface area contributed by atoms with Gasteiger partial charge in [-0.2, -0.15) is 0 Å². The SMILES string of the molecule is Brc1ccc(CNCCN2CCOCC2)o1. The fourth-order valence-corrected chi connectivity index (χ4v) is 2.06. The predicted molar refractivity (Wildman–Crippen MR) is 65.4 cm³/mol. The molecule has 90 valence electrons. The van der Waals surface area contributed by atoms with E-state index in [2.05, 4.69) is 26.1 Å². The number of morpholine rings is 1. The highest BCUT2D eigenvalue weighted by molar-refractivity contribution is 9.10. The van der Waals surface area contributed by atoms with Crippen LogP contribution in [0.5, 0.6) is 0 Å². The lowest BCUT2D eigenvalue weighted by Crippen LogP contribution is -2.40. The highest BCUT2D eigenvalue weighted by atomic mass is 79.9. The van der Waals surface area contributed by atoms with Crippen LogP contribution in [0.4, 0.5) is 0 Å². The van der Waals surface area contributed by atoms with Gasteiger partial charge in [0.1, 0.15) is 5.76 Å². The molecule has 0 spiro atoms. The summed E-state index contributed by atoms with van der Waals surface area (Å²) in [6, 6.07) is 3.89. The molecule has 0 atom stereocenters. The highest BCUT2D eigenvalue weighted by Gasteiger charge is 2.09. The molecule has 1 aliphatic rings. The topological polar surface area (TPSA) is 37.6 Å². The van der Waals surface area contributed by atoms with E-state index in [4.69, 9.17) is 9.15 Å². The lowest BCUT2D eigenvalue weighted by molar-refractivity contribution is 0.0383. The third-order valence-electron chi connectivity index (χ3n) is 2.64. The van der Waals surface area contributed by atoms with Crippen molar-refractivity contribution in [3.8, 4) is 0 Å². The number of furan rings is 1. The van der Waals surface area contributed by atoms with E-state index in [0.717, 1.165) is 56.4 Å². The van der Waals surface area contributed by atoms with Crippen LogP contribution in [0, 0.1) is 0 Å². The van der Waals surface area contributed by atoms with Gasteiger partial charge in [-0.1, -0.05) is 0 Å². The minimum atomic E-state index is 0.788. The van der Waals surface area contributed by atoms with Crippen LogP contribution in [0.25, 0.3) is 0 Å². The molecule has 0 aromatic carbocycles. The second-order valence-corrected chi connectivity index (χ2v) is 4.62. The molecule has 0 unspecified atom stereocenters. The Morgan fingerprint density at radius 2 is 2.12 bits per heavy atom. The van der Waals surface area contributed by atoms with Crippen LogP contribution >= 0.6 is 15.9 Å². The van der Waals surface area contributed by atoms with Crippen LogP contribution in [-0.4, -0.2) is 44.3 Å². The summed E-state index contributed by atoms with van der Waals surface area (Å²) in [5, 5.41) is 3.37. The van der Waals surface area contributed by atoms with E-state index in [1.807, 2.05) is 12.1 Å². The average molecular weight is 289 g/mol. The lowest BCUT2D eigenvalue weighted by atomic mass is 10.4. The fourth-order valence-electron chi connectivity index (χ4n) is 1.72. The largest absolute Gasteiger partial charge is 0.453 e. The summed E-state index contributed by atoms with van der Waals surface area (Å²) in [6.07, 6.45) is 0. The standard InChI is InChI=1S/C11H17BrN2O2/c12-11-2-1-10(16-11)9-13-3-4-14-5-7-15-8-6-14/h1-2,13H,3-9H2. The van der Waals surface area contributed by atoms with Gasteiger partial charge in [0.25, 0.3) is 0 Å². The second kappa shape index (κ2) is 6.39. The summed E-state index contributed by atoms with van der Waals surface area (Å²) >= 11 is 3.29. The van der Waals surface area contributed by atoms with E-state index < -0.39 is 0 Å². The van der Waals surface area contributed by atoms with Crippen LogP contribution in [0.2, 0.25) is 0 Å². The summed E-state index contributed by atoms with van der Waals surface area (Å²) in [5.74, 6) is 0.967. The zero-order chi connectivity index (χ0) is 11.2. The van der Waals surface area contributed by atoms with Crippen molar-refractivity contribution in [2.45, 2.75) is 6.54 Å². The molecule has 16 heavy (non-hydrogen) atoms. The molecule has 1 saturated heterocycles. The molecule has 1 N–H and O–H groups in total. The smallest absolute Gasteiger partial charge is 0.169 e. The third kappa shape index (κ3) is 3.90. The van der Waals surface area contributed by atoms with Crippen molar-refractivity contribution < 1.29 is 9.15 Å². The maximum Gasteiger partial charge on any atom is 0.169 e. The molecule has 0 bridgehead atoms. The van der Waals surface area contributed by atoms with Gasteiger partial charge in [0, 0.05) is 26.2 Å². The van der Waals surface area contributed by atoms with Crippen molar-refractivity contribution in [3.63, 3.8) is 0 Å². The fraction of sp³-hybridized carbons (Fsp3) is 0.636. The van der Waals surface area contributed by atoms with Crippen molar-refractivity contribution in [1.29, 1.82) is 0 Å². The molecule has 1 fully saturated rings. The Morgan fingerprint density at radius 3 is 2.81 bits per heavy atom. The summed E-state index contributed by atoms with van der Waals surface area (Å²) < 4.78 is 11.5. The Balaban J connectivity index is 1.57. The molecule has 0 radical (unpaired) electrons. The van der Waals surface area contributed by atoms with Crippen LogP contribution < -0.4 is 5.32 Å². The monoisotopic (exact) mass is 288 g/mol. The number of hydrogen-bond acceptors (Lipinski definition) is 4. The molecule has 5 heteroatoms. The Labute approximate surface area is 104 Å². The summed E-state index contributed by atoms with van der Waals surface area (Å²) in [7, 11) is 0. The van der Waals surface area contributed by atoms with E-state index in [1.165, 1.54) is 0 Å². The quantitative estimate of drug-likeness (QED) is 0.833. The van der Waals surface area contributed by atoms with Gasteiger partial charge in [-0.15, -0.1) is 0 Å². The number of halogens is 1. The normalized spacial score (nSPS) is 17.8. The van der Waals surface area contributed by atoms with E-state index in [1.54, 1.807) is 0 Å². The number of hydrogen-bond donors (Lipinski definition) is 1. The van der Waals surface area contributed by atoms with E-state index in [0.29, 0.717) is 0 Å². The van der Waals surface area contributed by atoms with Crippen molar-refractivity contribution in [3.05, 3.63) is 22.6 Å². The Morgan fingerprint density at radius 1 is 1.31 bits per heavy atom. The van der Waals surface area contributed by atoms with Crippen molar-refractivity contribution in [1.82, 2.24) is 10.2 Å². The minimum absolute atomic E-state index is 0.788. The Kier molecular flexibility index (Phi) is 4.84. The first-order chi connectivity index (χ1) is 7.84. The lowest BCUT2D eigenvalue weighted by Gasteiger charge is -2.26. The molecule has 1 aromatic heterocycles. The highest BCUT2D eigenvalue weighted by Crippen LogP contribution is 2.13. The first-order valence-corrected chi connectivity index (χ1v) is 6.39. The van der Waals surface area contributed by atoms with Gasteiger partial charge in [0.15, 0.2) is 4.67 Å². The minimum Gasteiger partial charge on any atom is -0.453 e. The number of ether oxygens (including phenoxy) is 1. The first-order valence-electron chi connectivity index (χ1n) is 5.59. The molecule has 4 nitrogen and oxygen atoms in total. The van der Waals surface area contributed by atoms with Gasteiger partial charge in [-0.3, -0.25) is 4.90 Å². The van der Waals surface area contributed by atoms with Crippen molar-refractivity contribution >= 4 is 15.9 Å². The summed E-state index contributed by atoms with van der Waals surface area (Å²) in [5.41, 5.74) is 0. The zero-order valence-electron chi connectivity index (χ0n) is 9.25. The molecule has 0 amide bonds. The Hall–Kier alpha value is -0.360. The van der Waals surface area contributed by atoms with E-state index in [-0.39, 0.29) is 0 Å². The maximum absolute atomic E-state index is 5.40. The van der Waals surface area contributed by atoms with E-state index in [9.17, 15) is 0 Å². The zero-order valence-corrected chi connectivity index (χ0v) is 10.8. The number of nitrogens with one attached hydrogen (secondary N) is 1. The molecular formula is C11H17BrN2O2. The first kappa shape index (κ1) is 12.1. The average Bonchev–Trinajstić information content (AvgIpc) is 2.72. The molecule has 2 heterocycles. The van der Waals surface area contributed by atoms with Crippen molar-refractivity contribution in [2.24, 2.45) is 0 Å². The Bertz CT molecular complexity index is 311. The molecule has 0 saturated carbocycles. The number of rotatable bonds is 5. The molecule has 2 rings (SSSR count). The van der Waals surface area contributed by atoms with Gasteiger partial charge in [0.05, 0.1) is 19.8 Å². The number of nitrogens with zero attached hydrogens (tertiary/aromatic N) is 1. The van der Waals surface area contributed by atoms with Crippen LogP contribution in [0.1, 0.15) is 5.76 Å². The second-order valence-electron chi connectivity index (χ2n) is 3.84. The third-order valence-corrected chi connectivity index (χ3v) is 3.06.